The Labute approximate surface area is 217 Å². The number of hydrogen-bond donors (Lipinski definition) is 6. The molecular weight excluding hydrogens is 496 g/mol. The first-order chi connectivity index (χ1) is 18.2. The highest BCUT2D eigenvalue weighted by Crippen LogP contribution is 2.06. The SMILES string of the molecule is O=C(CN[C@@H](Cc1ccccc1)C(=O)O)[C@H]1NC(=O)[C@@H](C(=O)CN[C@@H](Cc2ccccc2)C(=O)O)NC1=O. The fourth-order valence-corrected chi connectivity index (χ4v) is 3.88. The normalized spacial score (nSPS) is 18.5. The van der Waals surface area contributed by atoms with E-state index in [4.69, 9.17) is 0 Å². The molecule has 0 spiro atoms. The first-order valence-electron chi connectivity index (χ1n) is 11.8. The predicted octanol–water partition coefficient (Wildman–Crippen LogP) is -1.32. The molecule has 12 heteroatoms. The average Bonchev–Trinajstić information content (AvgIpc) is 2.90. The van der Waals surface area contributed by atoms with E-state index >= 15 is 0 Å². The monoisotopic (exact) mass is 524 g/mol. The largest absolute Gasteiger partial charge is 0.480 e. The number of benzene rings is 2. The van der Waals surface area contributed by atoms with Gasteiger partial charge >= 0.3 is 11.9 Å². The first-order valence-corrected chi connectivity index (χ1v) is 11.8. The summed E-state index contributed by atoms with van der Waals surface area (Å²) in [6.07, 6.45) is 0.190. The van der Waals surface area contributed by atoms with Crippen molar-refractivity contribution in [2.24, 2.45) is 0 Å². The highest BCUT2D eigenvalue weighted by Gasteiger charge is 2.41. The molecular formula is C26H28N4O8. The third kappa shape index (κ3) is 7.79. The zero-order valence-corrected chi connectivity index (χ0v) is 20.3. The van der Waals surface area contributed by atoms with Crippen LogP contribution in [0.25, 0.3) is 0 Å². The molecule has 0 bridgehead atoms. The standard InChI is InChI=1S/C26H28N4O8/c31-19(13-27-17(25(35)36)11-15-7-3-1-4-8-15)21-23(33)30-22(24(34)29-21)20(32)14-28-18(26(37)38)12-16-9-5-2-6-10-16/h1-10,17-18,21-22,27-28H,11-14H2,(H,29,34)(H,30,33)(H,35,36)(H,37,38)/t17-,18-,21+,22+/m0/s1. The smallest absolute Gasteiger partial charge is 0.321 e. The fraction of sp³-hybridized carbons (Fsp3) is 0.308. The van der Waals surface area contributed by atoms with Gasteiger partial charge in [-0.05, 0) is 24.0 Å². The lowest BCUT2D eigenvalue weighted by molar-refractivity contribution is -0.145. The molecule has 1 heterocycles. The van der Waals surface area contributed by atoms with Gasteiger partial charge in [0.25, 0.3) is 11.8 Å². The lowest BCUT2D eigenvalue weighted by atomic mass is 10.0. The number of carbonyl (C=O) groups excluding carboxylic acids is 4. The van der Waals surface area contributed by atoms with Crippen molar-refractivity contribution in [3.8, 4) is 0 Å². The van der Waals surface area contributed by atoms with Crippen LogP contribution in [0.5, 0.6) is 0 Å². The number of carboxylic acid groups (broad SMARTS) is 2. The summed E-state index contributed by atoms with van der Waals surface area (Å²) in [5.74, 6) is -5.80. The van der Waals surface area contributed by atoms with Crippen molar-refractivity contribution in [2.75, 3.05) is 13.1 Å². The zero-order chi connectivity index (χ0) is 27.7. The van der Waals surface area contributed by atoms with Crippen LogP contribution in [0.1, 0.15) is 11.1 Å². The summed E-state index contributed by atoms with van der Waals surface area (Å²) in [6, 6.07) is 12.1. The summed E-state index contributed by atoms with van der Waals surface area (Å²) < 4.78 is 0. The molecule has 1 aliphatic rings. The Morgan fingerprint density at radius 3 is 1.32 bits per heavy atom. The highest BCUT2D eigenvalue weighted by molar-refractivity contribution is 6.18. The number of Topliss-reactive ketones (excluding diaryl/α,β-unsaturated/α-hetero) is 2. The van der Waals surface area contributed by atoms with Gasteiger partial charge in [-0.15, -0.1) is 0 Å². The molecule has 2 aromatic rings. The summed E-state index contributed by atoms with van der Waals surface area (Å²) >= 11 is 0. The zero-order valence-electron chi connectivity index (χ0n) is 20.3. The van der Waals surface area contributed by atoms with Crippen molar-refractivity contribution in [3.63, 3.8) is 0 Å². The van der Waals surface area contributed by atoms with Crippen molar-refractivity contribution in [1.29, 1.82) is 0 Å². The van der Waals surface area contributed by atoms with E-state index in [2.05, 4.69) is 21.3 Å². The summed E-state index contributed by atoms with van der Waals surface area (Å²) in [7, 11) is 0. The molecule has 3 rings (SSSR count). The van der Waals surface area contributed by atoms with Crippen LogP contribution in [0.2, 0.25) is 0 Å². The summed E-state index contributed by atoms with van der Waals surface area (Å²) in [5.41, 5.74) is 1.46. The summed E-state index contributed by atoms with van der Waals surface area (Å²) in [4.78, 5) is 73.3. The molecule has 0 aromatic heterocycles. The molecule has 0 radical (unpaired) electrons. The van der Waals surface area contributed by atoms with Gasteiger partial charge in [0.05, 0.1) is 13.1 Å². The Morgan fingerprint density at radius 2 is 1.00 bits per heavy atom. The number of nitrogens with one attached hydrogen (secondary N) is 4. The Balaban J connectivity index is 1.52. The van der Waals surface area contributed by atoms with Crippen LogP contribution in [0.15, 0.2) is 60.7 Å². The maximum atomic E-state index is 12.6. The Hall–Kier alpha value is -4.42. The van der Waals surface area contributed by atoms with Gasteiger partial charge in [-0.1, -0.05) is 60.7 Å². The van der Waals surface area contributed by atoms with Crippen LogP contribution >= 0.6 is 0 Å². The minimum absolute atomic E-state index is 0.0951. The molecule has 4 atom stereocenters. The van der Waals surface area contributed by atoms with Gasteiger partial charge < -0.3 is 20.8 Å². The molecule has 0 aliphatic carbocycles. The quantitative estimate of drug-likeness (QED) is 0.162. The van der Waals surface area contributed by atoms with E-state index in [9.17, 15) is 39.0 Å². The van der Waals surface area contributed by atoms with Crippen LogP contribution in [0, 0.1) is 0 Å². The molecule has 0 saturated carbocycles. The van der Waals surface area contributed by atoms with E-state index < -0.39 is 72.6 Å². The number of aliphatic carboxylic acids is 2. The van der Waals surface area contributed by atoms with E-state index in [-0.39, 0.29) is 12.8 Å². The number of rotatable bonds is 14. The number of carboxylic acids is 2. The molecule has 38 heavy (non-hydrogen) atoms. The Morgan fingerprint density at radius 1 is 0.658 bits per heavy atom. The van der Waals surface area contributed by atoms with Crippen molar-refractivity contribution in [3.05, 3.63) is 71.8 Å². The van der Waals surface area contributed by atoms with Gasteiger partial charge in [-0.25, -0.2) is 0 Å². The summed E-state index contributed by atoms with van der Waals surface area (Å²) in [6.45, 7) is -1.02. The average molecular weight is 525 g/mol. The van der Waals surface area contributed by atoms with E-state index in [0.717, 1.165) is 11.1 Å². The molecule has 1 aliphatic heterocycles. The van der Waals surface area contributed by atoms with E-state index in [0.29, 0.717) is 0 Å². The lowest BCUT2D eigenvalue weighted by Gasteiger charge is -2.28. The second kappa shape index (κ2) is 13.2. The molecule has 12 nitrogen and oxygen atoms in total. The third-order valence-electron chi connectivity index (χ3n) is 5.95. The van der Waals surface area contributed by atoms with Crippen molar-refractivity contribution >= 4 is 35.3 Å². The van der Waals surface area contributed by atoms with E-state index in [1.807, 2.05) is 0 Å². The third-order valence-corrected chi connectivity index (χ3v) is 5.95. The second-order valence-corrected chi connectivity index (χ2v) is 8.74. The van der Waals surface area contributed by atoms with Crippen LogP contribution < -0.4 is 21.3 Å². The molecule has 2 aromatic carbocycles. The fourth-order valence-electron chi connectivity index (χ4n) is 3.88. The number of hydrogen-bond acceptors (Lipinski definition) is 8. The topological polar surface area (TPSA) is 191 Å². The predicted molar refractivity (Wildman–Crippen MR) is 133 cm³/mol. The van der Waals surface area contributed by atoms with Gasteiger partial charge in [0.1, 0.15) is 12.1 Å². The summed E-state index contributed by atoms with van der Waals surface area (Å²) in [5, 5.41) is 28.5. The van der Waals surface area contributed by atoms with Crippen molar-refractivity contribution < 1.29 is 39.0 Å². The molecule has 2 amide bonds. The Kier molecular flexibility index (Phi) is 9.79. The van der Waals surface area contributed by atoms with Crippen molar-refractivity contribution in [1.82, 2.24) is 21.3 Å². The van der Waals surface area contributed by atoms with Gasteiger partial charge in [-0.2, -0.15) is 0 Å². The van der Waals surface area contributed by atoms with Crippen LogP contribution in [0.4, 0.5) is 0 Å². The van der Waals surface area contributed by atoms with E-state index in [1.165, 1.54) is 0 Å². The number of ketones is 2. The minimum Gasteiger partial charge on any atom is -0.480 e. The van der Waals surface area contributed by atoms with Crippen LogP contribution in [0.3, 0.4) is 0 Å². The van der Waals surface area contributed by atoms with Gasteiger partial charge in [0.15, 0.2) is 23.7 Å². The van der Waals surface area contributed by atoms with Crippen molar-refractivity contribution in [2.45, 2.75) is 37.0 Å². The van der Waals surface area contributed by atoms with Gasteiger partial charge in [0.2, 0.25) is 0 Å². The van der Waals surface area contributed by atoms with E-state index in [1.54, 1.807) is 60.7 Å². The molecule has 1 saturated heterocycles. The lowest BCUT2D eigenvalue weighted by Crippen LogP contribution is -2.68. The van der Waals surface area contributed by atoms with Crippen LogP contribution in [-0.4, -0.2) is 82.8 Å². The Bertz CT molecular complexity index is 1090. The number of carbonyl (C=O) groups is 6. The minimum atomic E-state index is -1.61. The molecule has 6 N–H and O–H groups in total. The van der Waals surface area contributed by atoms with Crippen LogP contribution in [-0.2, 0) is 41.6 Å². The maximum Gasteiger partial charge on any atom is 0.321 e. The maximum absolute atomic E-state index is 12.6. The molecule has 0 unspecified atom stereocenters. The number of amides is 2. The second-order valence-electron chi connectivity index (χ2n) is 8.74. The van der Waals surface area contributed by atoms with Gasteiger partial charge in [0, 0.05) is 0 Å². The number of piperazine rings is 1. The first kappa shape index (κ1) is 28.2. The molecule has 1 fully saturated rings. The van der Waals surface area contributed by atoms with Gasteiger partial charge in [-0.3, -0.25) is 39.4 Å². The molecule has 200 valence electrons. The highest BCUT2D eigenvalue weighted by atomic mass is 16.4.